The van der Waals surface area contributed by atoms with Gasteiger partial charge in [-0.3, -0.25) is 4.79 Å². The van der Waals surface area contributed by atoms with E-state index < -0.39 is 0 Å². The van der Waals surface area contributed by atoms with E-state index in [0.717, 1.165) is 31.7 Å². The molecule has 5 nitrogen and oxygen atoms in total. The van der Waals surface area contributed by atoms with Gasteiger partial charge in [-0.05, 0) is 19.3 Å². The minimum atomic E-state index is -0.131. The third kappa shape index (κ3) is 4.18. The van der Waals surface area contributed by atoms with Gasteiger partial charge in [-0.1, -0.05) is 26.2 Å². The molecule has 1 aliphatic rings. The fourth-order valence-corrected chi connectivity index (χ4v) is 2.37. The standard InChI is InChI=1S/C15H24N4O/c1-2-3-8-16-15(20)13-11-18-14(12-17-13)19-9-6-4-5-7-10-19/h11-12H,2-10H2,1H3,(H,16,20). The van der Waals surface area contributed by atoms with E-state index in [4.69, 9.17) is 0 Å². The maximum Gasteiger partial charge on any atom is 0.271 e. The number of nitrogens with one attached hydrogen (secondary N) is 1. The van der Waals surface area contributed by atoms with Crippen molar-refractivity contribution in [3.05, 3.63) is 18.1 Å². The number of anilines is 1. The average molecular weight is 276 g/mol. The van der Waals surface area contributed by atoms with Crippen molar-refractivity contribution in [3.63, 3.8) is 0 Å². The molecule has 0 aliphatic carbocycles. The van der Waals surface area contributed by atoms with Crippen LogP contribution in [0.2, 0.25) is 0 Å². The highest BCUT2D eigenvalue weighted by Gasteiger charge is 2.13. The molecule has 0 aromatic carbocycles. The van der Waals surface area contributed by atoms with Crippen molar-refractivity contribution in [2.24, 2.45) is 0 Å². The van der Waals surface area contributed by atoms with E-state index >= 15 is 0 Å². The number of amides is 1. The molecule has 0 unspecified atom stereocenters. The van der Waals surface area contributed by atoms with Crippen molar-refractivity contribution < 1.29 is 4.79 Å². The topological polar surface area (TPSA) is 58.1 Å². The fourth-order valence-electron chi connectivity index (χ4n) is 2.37. The Balaban J connectivity index is 1.93. The van der Waals surface area contributed by atoms with Gasteiger partial charge in [0, 0.05) is 19.6 Å². The molecule has 1 N–H and O–H groups in total. The molecule has 0 spiro atoms. The normalized spacial score (nSPS) is 15.8. The minimum Gasteiger partial charge on any atom is -0.355 e. The van der Waals surface area contributed by atoms with Gasteiger partial charge in [0.25, 0.3) is 5.91 Å². The Morgan fingerprint density at radius 3 is 2.55 bits per heavy atom. The van der Waals surface area contributed by atoms with Crippen LogP contribution in [0.3, 0.4) is 0 Å². The Kier molecular flexibility index (Phi) is 5.77. The highest BCUT2D eigenvalue weighted by atomic mass is 16.1. The Hall–Kier alpha value is -1.65. The molecule has 1 aromatic rings. The second-order valence-electron chi connectivity index (χ2n) is 5.27. The summed E-state index contributed by atoms with van der Waals surface area (Å²) in [6, 6.07) is 0. The quantitative estimate of drug-likeness (QED) is 0.839. The Morgan fingerprint density at radius 1 is 1.20 bits per heavy atom. The summed E-state index contributed by atoms with van der Waals surface area (Å²) >= 11 is 0. The van der Waals surface area contributed by atoms with Gasteiger partial charge in [0.2, 0.25) is 0 Å². The first-order valence-electron chi connectivity index (χ1n) is 7.66. The first kappa shape index (κ1) is 14.8. The molecular formula is C15H24N4O. The van der Waals surface area contributed by atoms with Gasteiger partial charge in [0.1, 0.15) is 11.5 Å². The monoisotopic (exact) mass is 276 g/mol. The molecule has 0 saturated carbocycles. The van der Waals surface area contributed by atoms with Crippen LogP contribution in [0.15, 0.2) is 12.4 Å². The van der Waals surface area contributed by atoms with Crippen molar-refractivity contribution in [3.8, 4) is 0 Å². The van der Waals surface area contributed by atoms with Gasteiger partial charge in [0.05, 0.1) is 12.4 Å². The number of hydrogen-bond donors (Lipinski definition) is 1. The summed E-state index contributed by atoms with van der Waals surface area (Å²) in [7, 11) is 0. The van der Waals surface area contributed by atoms with E-state index in [1.807, 2.05) is 0 Å². The van der Waals surface area contributed by atoms with Crippen LogP contribution in [0.4, 0.5) is 5.82 Å². The second kappa shape index (κ2) is 7.82. The van der Waals surface area contributed by atoms with E-state index in [9.17, 15) is 4.79 Å². The number of unbranched alkanes of at least 4 members (excludes halogenated alkanes) is 1. The molecule has 5 heteroatoms. The third-order valence-corrected chi connectivity index (χ3v) is 3.62. The lowest BCUT2D eigenvalue weighted by atomic mass is 10.2. The lowest BCUT2D eigenvalue weighted by molar-refractivity contribution is 0.0948. The predicted octanol–water partition coefficient (Wildman–Crippen LogP) is 2.39. The maximum absolute atomic E-state index is 11.8. The van der Waals surface area contributed by atoms with Gasteiger partial charge < -0.3 is 10.2 Å². The molecule has 110 valence electrons. The highest BCUT2D eigenvalue weighted by molar-refractivity contribution is 5.91. The molecule has 2 heterocycles. The second-order valence-corrected chi connectivity index (χ2v) is 5.27. The third-order valence-electron chi connectivity index (χ3n) is 3.62. The summed E-state index contributed by atoms with van der Waals surface area (Å²) in [5.74, 6) is 0.755. The summed E-state index contributed by atoms with van der Waals surface area (Å²) in [4.78, 5) is 22.7. The van der Waals surface area contributed by atoms with Crippen LogP contribution >= 0.6 is 0 Å². The molecule has 1 fully saturated rings. The first-order valence-corrected chi connectivity index (χ1v) is 7.66. The summed E-state index contributed by atoms with van der Waals surface area (Å²) in [6.07, 6.45) is 10.4. The summed E-state index contributed by atoms with van der Waals surface area (Å²) in [6.45, 7) is 4.88. The van der Waals surface area contributed by atoms with Crippen LogP contribution < -0.4 is 10.2 Å². The zero-order valence-corrected chi connectivity index (χ0v) is 12.3. The van der Waals surface area contributed by atoms with Crippen LogP contribution in [0.5, 0.6) is 0 Å². The lowest BCUT2D eigenvalue weighted by Crippen LogP contribution is -2.27. The van der Waals surface area contributed by atoms with Gasteiger partial charge in [-0.25, -0.2) is 9.97 Å². The van der Waals surface area contributed by atoms with Gasteiger partial charge in [0.15, 0.2) is 0 Å². The molecule has 20 heavy (non-hydrogen) atoms. The van der Waals surface area contributed by atoms with Crippen molar-refractivity contribution in [1.82, 2.24) is 15.3 Å². The predicted molar refractivity (Wildman–Crippen MR) is 80.0 cm³/mol. The highest BCUT2D eigenvalue weighted by Crippen LogP contribution is 2.16. The molecule has 1 saturated heterocycles. The van der Waals surface area contributed by atoms with E-state index in [0.29, 0.717) is 12.2 Å². The molecular weight excluding hydrogens is 252 g/mol. The molecule has 1 amide bonds. The number of aromatic nitrogens is 2. The number of hydrogen-bond acceptors (Lipinski definition) is 4. The van der Waals surface area contributed by atoms with Crippen LogP contribution in [0.1, 0.15) is 55.9 Å². The molecule has 0 bridgehead atoms. The lowest BCUT2D eigenvalue weighted by Gasteiger charge is -2.20. The van der Waals surface area contributed by atoms with Crippen LogP contribution in [-0.2, 0) is 0 Å². The maximum atomic E-state index is 11.8. The van der Waals surface area contributed by atoms with Gasteiger partial charge in [-0.15, -0.1) is 0 Å². The zero-order chi connectivity index (χ0) is 14.2. The van der Waals surface area contributed by atoms with Crippen molar-refractivity contribution in [2.45, 2.75) is 45.4 Å². The van der Waals surface area contributed by atoms with Gasteiger partial charge >= 0.3 is 0 Å². The van der Waals surface area contributed by atoms with Crippen molar-refractivity contribution >= 4 is 11.7 Å². The van der Waals surface area contributed by atoms with Crippen molar-refractivity contribution in [1.29, 1.82) is 0 Å². The summed E-state index contributed by atoms with van der Waals surface area (Å²) < 4.78 is 0. The Labute approximate surface area is 120 Å². The molecule has 1 aliphatic heterocycles. The number of carbonyl (C=O) groups is 1. The van der Waals surface area contributed by atoms with E-state index in [1.54, 1.807) is 12.4 Å². The largest absolute Gasteiger partial charge is 0.355 e. The smallest absolute Gasteiger partial charge is 0.271 e. The van der Waals surface area contributed by atoms with E-state index in [2.05, 4.69) is 27.1 Å². The zero-order valence-electron chi connectivity index (χ0n) is 12.3. The van der Waals surface area contributed by atoms with Gasteiger partial charge in [-0.2, -0.15) is 0 Å². The molecule has 0 atom stereocenters. The summed E-state index contributed by atoms with van der Waals surface area (Å²) in [5.41, 5.74) is 0.402. The SMILES string of the molecule is CCCCNC(=O)c1cnc(N2CCCCCC2)cn1. The number of nitrogens with zero attached hydrogens (tertiary/aromatic N) is 3. The summed E-state index contributed by atoms with van der Waals surface area (Å²) in [5, 5.41) is 2.85. The first-order chi connectivity index (χ1) is 9.81. The number of rotatable bonds is 5. The van der Waals surface area contributed by atoms with Crippen LogP contribution in [0, 0.1) is 0 Å². The van der Waals surface area contributed by atoms with Crippen molar-refractivity contribution in [2.75, 3.05) is 24.5 Å². The Morgan fingerprint density at radius 2 is 1.95 bits per heavy atom. The molecule has 0 radical (unpaired) electrons. The average Bonchev–Trinajstić information content (AvgIpc) is 2.77. The number of carbonyl (C=O) groups excluding carboxylic acids is 1. The molecule has 1 aromatic heterocycles. The van der Waals surface area contributed by atoms with E-state index in [1.165, 1.54) is 25.7 Å². The Bertz CT molecular complexity index is 410. The fraction of sp³-hybridized carbons (Fsp3) is 0.667. The van der Waals surface area contributed by atoms with Crippen LogP contribution in [0.25, 0.3) is 0 Å². The van der Waals surface area contributed by atoms with Crippen LogP contribution in [-0.4, -0.2) is 35.5 Å². The molecule has 2 rings (SSSR count). The minimum absolute atomic E-state index is 0.131. The van der Waals surface area contributed by atoms with E-state index in [-0.39, 0.29) is 5.91 Å².